The first-order valence-electron chi connectivity index (χ1n) is 4.30. The van der Waals surface area contributed by atoms with E-state index in [-0.39, 0.29) is 11.4 Å². The van der Waals surface area contributed by atoms with Gasteiger partial charge in [-0.1, -0.05) is 0 Å². The van der Waals surface area contributed by atoms with E-state index in [0.717, 1.165) is 6.07 Å². The van der Waals surface area contributed by atoms with E-state index in [1.807, 2.05) is 0 Å². The van der Waals surface area contributed by atoms with Crippen molar-refractivity contribution in [2.75, 3.05) is 18.7 Å². The highest BCUT2D eigenvalue weighted by Gasteiger charge is 2.18. The first-order valence-corrected chi connectivity index (χ1v) is 5.82. The molecule has 4 nitrogen and oxygen atoms in total. The van der Waals surface area contributed by atoms with Crippen LogP contribution in [0, 0.1) is 15.9 Å². The van der Waals surface area contributed by atoms with Crippen molar-refractivity contribution < 1.29 is 14.1 Å². The van der Waals surface area contributed by atoms with E-state index < -0.39 is 10.7 Å². The maximum Gasteiger partial charge on any atom is 0.286 e. The predicted octanol–water partition coefficient (Wildman–Crippen LogP) is 3.07. The minimum atomic E-state index is -0.746. The molecule has 0 radical (unpaired) electrons. The summed E-state index contributed by atoms with van der Waals surface area (Å²) in [6.07, 6.45) is 0. The van der Waals surface area contributed by atoms with Gasteiger partial charge in [0.15, 0.2) is 11.6 Å². The van der Waals surface area contributed by atoms with Crippen LogP contribution in [-0.4, -0.2) is 23.7 Å². The molecule has 16 heavy (non-hydrogen) atoms. The number of rotatable bonds is 5. The maximum absolute atomic E-state index is 13.2. The Balaban J connectivity index is 3.14. The largest absolute Gasteiger partial charge is 0.494 e. The van der Waals surface area contributed by atoms with Crippen molar-refractivity contribution in [1.29, 1.82) is 0 Å². The third kappa shape index (κ3) is 2.99. The molecular weight excluding hydrogens is 257 g/mol. The minimum Gasteiger partial charge on any atom is -0.494 e. The summed E-state index contributed by atoms with van der Waals surface area (Å²) in [5, 5.41) is 10.7. The number of nitrogens with zero attached hydrogens (tertiary/aromatic N) is 1. The van der Waals surface area contributed by atoms with Crippen LogP contribution in [0.15, 0.2) is 17.0 Å². The molecule has 0 aliphatic heterocycles. The van der Waals surface area contributed by atoms with E-state index in [1.54, 1.807) is 0 Å². The summed E-state index contributed by atoms with van der Waals surface area (Å²) < 4.78 is 18.0. The van der Waals surface area contributed by atoms with Crippen LogP contribution in [0.4, 0.5) is 10.1 Å². The van der Waals surface area contributed by atoms with Crippen LogP contribution in [0.2, 0.25) is 0 Å². The molecule has 0 aromatic heterocycles. The zero-order valence-corrected chi connectivity index (χ0v) is 9.98. The van der Waals surface area contributed by atoms with Gasteiger partial charge in [-0.3, -0.25) is 10.1 Å². The van der Waals surface area contributed by atoms with Crippen LogP contribution < -0.4 is 4.74 Å². The molecule has 88 valence electrons. The Labute approximate surface area is 101 Å². The van der Waals surface area contributed by atoms with Crippen LogP contribution in [-0.2, 0) is 0 Å². The van der Waals surface area contributed by atoms with Gasteiger partial charge in [0.2, 0.25) is 0 Å². The van der Waals surface area contributed by atoms with E-state index in [2.05, 4.69) is 0 Å². The first kappa shape index (κ1) is 13.1. The normalized spacial score (nSPS) is 10.2. The van der Waals surface area contributed by atoms with Crippen molar-refractivity contribution in [1.82, 2.24) is 0 Å². The summed E-state index contributed by atoms with van der Waals surface area (Å²) in [6, 6.07) is 2.17. The molecule has 7 heteroatoms. The lowest BCUT2D eigenvalue weighted by atomic mass is 10.3. The molecular formula is C9H9ClFNO3S. The number of benzene rings is 1. The Morgan fingerprint density at radius 3 is 2.81 bits per heavy atom. The van der Waals surface area contributed by atoms with Crippen molar-refractivity contribution in [3.63, 3.8) is 0 Å². The standard InChI is InChI=1S/C9H9ClFNO3S/c1-15-8-5-9(16-3-2-10)7(12(13)14)4-6(8)11/h4-5H,2-3H2,1H3. The van der Waals surface area contributed by atoms with Crippen LogP contribution in [0.1, 0.15) is 0 Å². The van der Waals surface area contributed by atoms with Gasteiger partial charge in [-0.15, -0.1) is 23.4 Å². The number of nitro benzene ring substituents is 1. The Kier molecular flexibility index (Phi) is 4.82. The van der Waals surface area contributed by atoms with Gasteiger partial charge in [-0.25, -0.2) is 4.39 Å². The van der Waals surface area contributed by atoms with Crippen LogP contribution in [0.25, 0.3) is 0 Å². The molecule has 0 unspecified atom stereocenters. The van der Waals surface area contributed by atoms with Gasteiger partial charge in [-0.05, 0) is 0 Å². The number of nitro groups is 1. The number of thioether (sulfide) groups is 1. The second kappa shape index (κ2) is 5.91. The van der Waals surface area contributed by atoms with E-state index >= 15 is 0 Å². The van der Waals surface area contributed by atoms with Gasteiger partial charge < -0.3 is 4.74 Å². The molecule has 0 fully saturated rings. The van der Waals surface area contributed by atoms with Crippen LogP contribution in [0.3, 0.4) is 0 Å². The quantitative estimate of drug-likeness (QED) is 0.355. The highest BCUT2D eigenvalue weighted by Crippen LogP contribution is 2.34. The maximum atomic E-state index is 13.2. The van der Waals surface area contributed by atoms with Gasteiger partial charge >= 0.3 is 0 Å². The van der Waals surface area contributed by atoms with Crippen LogP contribution in [0.5, 0.6) is 5.75 Å². The Morgan fingerprint density at radius 1 is 1.62 bits per heavy atom. The summed E-state index contributed by atoms with van der Waals surface area (Å²) >= 11 is 6.69. The molecule has 1 rings (SSSR count). The van der Waals surface area contributed by atoms with Crippen molar-refractivity contribution in [3.05, 3.63) is 28.1 Å². The summed E-state index contributed by atoms with van der Waals surface area (Å²) in [7, 11) is 1.31. The minimum absolute atomic E-state index is 0.0114. The summed E-state index contributed by atoms with van der Waals surface area (Å²) in [5.74, 6) is 0.116. The van der Waals surface area contributed by atoms with Gasteiger partial charge in [0.05, 0.1) is 23.0 Å². The molecule has 0 heterocycles. The fourth-order valence-electron chi connectivity index (χ4n) is 1.09. The highest BCUT2D eigenvalue weighted by atomic mass is 35.5. The van der Waals surface area contributed by atoms with Gasteiger partial charge in [0, 0.05) is 17.7 Å². The van der Waals surface area contributed by atoms with E-state index in [0.29, 0.717) is 16.5 Å². The molecule has 1 aromatic rings. The highest BCUT2D eigenvalue weighted by molar-refractivity contribution is 7.99. The Morgan fingerprint density at radius 2 is 2.31 bits per heavy atom. The lowest BCUT2D eigenvalue weighted by Gasteiger charge is -2.06. The third-order valence-corrected chi connectivity index (χ3v) is 3.22. The molecule has 0 saturated carbocycles. The molecule has 1 aromatic carbocycles. The molecule has 0 atom stereocenters. The topological polar surface area (TPSA) is 52.4 Å². The van der Waals surface area contributed by atoms with E-state index in [1.165, 1.54) is 24.9 Å². The number of hydrogen-bond acceptors (Lipinski definition) is 4. The third-order valence-electron chi connectivity index (χ3n) is 1.76. The predicted molar refractivity (Wildman–Crippen MR) is 61.1 cm³/mol. The molecule has 0 aliphatic carbocycles. The number of hydrogen-bond donors (Lipinski definition) is 0. The van der Waals surface area contributed by atoms with Crippen molar-refractivity contribution in [2.24, 2.45) is 0 Å². The molecule has 0 amide bonds. The second-order valence-electron chi connectivity index (χ2n) is 2.75. The fourth-order valence-corrected chi connectivity index (χ4v) is 2.09. The summed E-state index contributed by atoms with van der Waals surface area (Å²) in [5.41, 5.74) is -0.270. The van der Waals surface area contributed by atoms with Crippen molar-refractivity contribution >= 4 is 29.1 Å². The monoisotopic (exact) mass is 265 g/mol. The number of ether oxygens (including phenoxy) is 1. The number of alkyl halides is 1. The molecule has 0 spiro atoms. The summed E-state index contributed by atoms with van der Waals surface area (Å²) in [6.45, 7) is 0. The second-order valence-corrected chi connectivity index (χ2v) is 4.26. The van der Waals surface area contributed by atoms with E-state index in [4.69, 9.17) is 16.3 Å². The molecule has 0 N–H and O–H groups in total. The average molecular weight is 266 g/mol. The van der Waals surface area contributed by atoms with Crippen molar-refractivity contribution in [2.45, 2.75) is 4.90 Å². The lowest BCUT2D eigenvalue weighted by molar-refractivity contribution is -0.387. The molecule has 0 saturated heterocycles. The van der Waals surface area contributed by atoms with E-state index in [9.17, 15) is 14.5 Å². The summed E-state index contributed by atoms with van der Waals surface area (Å²) in [4.78, 5) is 10.4. The van der Waals surface area contributed by atoms with Crippen molar-refractivity contribution in [3.8, 4) is 5.75 Å². The van der Waals surface area contributed by atoms with Crippen LogP contribution >= 0.6 is 23.4 Å². The molecule has 0 aliphatic rings. The Bertz CT molecular complexity index is 403. The lowest BCUT2D eigenvalue weighted by Crippen LogP contribution is -1.96. The smallest absolute Gasteiger partial charge is 0.286 e. The Hall–Kier alpha value is -1.01. The SMILES string of the molecule is COc1cc(SCCCl)c([N+](=O)[O-])cc1F. The molecule has 0 bridgehead atoms. The number of methoxy groups -OCH3 is 1. The average Bonchev–Trinajstić information content (AvgIpc) is 2.26. The van der Waals surface area contributed by atoms with Gasteiger partial charge in [-0.2, -0.15) is 0 Å². The first-order chi connectivity index (χ1) is 7.60. The van der Waals surface area contributed by atoms with Gasteiger partial charge in [0.25, 0.3) is 5.69 Å². The number of halogens is 2. The fraction of sp³-hybridized carbons (Fsp3) is 0.333. The zero-order chi connectivity index (χ0) is 12.1. The van der Waals surface area contributed by atoms with Gasteiger partial charge in [0.1, 0.15) is 0 Å². The zero-order valence-electron chi connectivity index (χ0n) is 8.41.